The van der Waals surface area contributed by atoms with Gasteiger partial charge in [0.15, 0.2) is 0 Å². The lowest BCUT2D eigenvalue weighted by molar-refractivity contribution is -0.385. The van der Waals surface area contributed by atoms with Gasteiger partial charge in [-0.2, -0.15) is 0 Å². The van der Waals surface area contributed by atoms with E-state index in [0.29, 0.717) is 24.5 Å². The normalized spacial score (nSPS) is 10.6. The van der Waals surface area contributed by atoms with Gasteiger partial charge >= 0.3 is 0 Å². The first-order chi connectivity index (χ1) is 8.61. The summed E-state index contributed by atoms with van der Waals surface area (Å²) in [5.74, 6) is -0.0241. The highest BCUT2D eigenvalue weighted by molar-refractivity contribution is 5.44. The number of non-ortho nitro benzene ring substituents is 1. The first-order valence-electron chi connectivity index (χ1n) is 5.29. The molecular weight excluding hydrogens is 239 g/mol. The Labute approximate surface area is 102 Å². The van der Waals surface area contributed by atoms with E-state index in [1.54, 1.807) is 17.0 Å². The first kappa shape index (κ1) is 12.2. The standard InChI is InChI=1S/C11H11FN4O2/c12-8-5-9(7-10(6-8)16(17)18)15-4-3-14-11(15)1-2-13/h3-7H,1-2,13H2. The summed E-state index contributed by atoms with van der Waals surface area (Å²) in [5.41, 5.74) is 5.51. The van der Waals surface area contributed by atoms with Crippen LogP contribution in [0, 0.1) is 15.9 Å². The van der Waals surface area contributed by atoms with Gasteiger partial charge < -0.3 is 10.3 Å². The zero-order valence-electron chi connectivity index (χ0n) is 9.41. The van der Waals surface area contributed by atoms with Gasteiger partial charge in [-0.05, 0) is 12.6 Å². The summed E-state index contributed by atoms with van der Waals surface area (Å²) in [6.45, 7) is 0.397. The third-order valence-corrected chi connectivity index (χ3v) is 2.44. The second kappa shape index (κ2) is 4.92. The number of nitro benzene ring substituents is 1. The fourth-order valence-electron chi connectivity index (χ4n) is 1.69. The van der Waals surface area contributed by atoms with Gasteiger partial charge in [0.05, 0.1) is 16.7 Å². The maximum absolute atomic E-state index is 13.3. The van der Waals surface area contributed by atoms with Gasteiger partial charge in [0.25, 0.3) is 5.69 Å². The Balaban J connectivity index is 2.49. The Morgan fingerprint density at radius 3 is 2.89 bits per heavy atom. The van der Waals surface area contributed by atoms with Crippen molar-refractivity contribution in [1.82, 2.24) is 9.55 Å². The number of nitrogens with two attached hydrogens (primary N) is 1. The van der Waals surface area contributed by atoms with Gasteiger partial charge in [0.2, 0.25) is 0 Å². The molecule has 94 valence electrons. The Morgan fingerprint density at radius 1 is 1.44 bits per heavy atom. The molecule has 7 heteroatoms. The fourth-order valence-corrected chi connectivity index (χ4v) is 1.69. The Kier molecular flexibility index (Phi) is 3.33. The number of benzene rings is 1. The molecule has 1 aromatic carbocycles. The molecule has 1 aromatic heterocycles. The van der Waals surface area contributed by atoms with Crippen LogP contribution in [0.1, 0.15) is 5.82 Å². The summed E-state index contributed by atoms with van der Waals surface area (Å²) >= 11 is 0. The Bertz CT molecular complexity index is 582. The summed E-state index contributed by atoms with van der Waals surface area (Å²) in [7, 11) is 0. The van der Waals surface area contributed by atoms with Crippen LogP contribution in [0.5, 0.6) is 0 Å². The first-order valence-corrected chi connectivity index (χ1v) is 5.29. The van der Waals surface area contributed by atoms with Crippen LogP contribution in [0.15, 0.2) is 30.6 Å². The smallest absolute Gasteiger partial charge is 0.274 e. The fraction of sp³-hybridized carbons (Fsp3) is 0.182. The van der Waals surface area contributed by atoms with Gasteiger partial charge in [-0.3, -0.25) is 10.1 Å². The highest BCUT2D eigenvalue weighted by Gasteiger charge is 2.12. The lowest BCUT2D eigenvalue weighted by Gasteiger charge is -2.07. The minimum Gasteiger partial charge on any atom is -0.330 e. The van der Waals surface area contributed by atoms with E-state index in [4.69, 9.17) is 5.73 Å². The highest BCUT2D eigenvalue weighted by atomic mass is 19.1. The third kappa shape index (κ3) is 2.35. The average Bonchev–Trinajstić information content (AvgIpc) is 2.77. The summed E-state index contributed by atoms with van der Waals surface area (Å²) in [4.78, 5) is 14.1. The zero-order chi connectivity index (χ0) is 13.1. The SMILES string of the molecule is NCCc1nccn1-c1cc(F)cc([N+](=O)[O-])c1. The average molecular weight is 250 g/mol. The number of halogens is 1. The van der Waals surface area contributed by atoms with Gasteiger partial charge in [0, 0.05) is 24.9 Å². The largest absolute Gasteiger partial charge is 0.330 e. The molecule has 0 amide bonds. The Hall–Kier alpha value is -2.28. The predicted octanol–water partition coefficient (Wildman–Crippen LogP) is 1.42. The number of hydrogen-bond acceptors (Lipinski definition) is 4. The minimum absolute atomic E-state index is 0.294. The lowest BCUT2D eigenvalue weighted by atomic mass is 10.2. The van der Waals surface area contributed by atoms with Gasteiger partial charge in [-0.25, -0.2) is 9.37 Å². The van der Waals surface area contributed by atoms with E-state index in [0.717, 1.165) is 6.07 Å². The molecule has 0 spiro atoms. The van der Waals surface area contributed by atoms with Crippen molar-refractivity contribution in [1.29, 1.82) is 0 Å². The maximum Gasteiger partial charge on any atom is 0.274 e. The van der Waals surface area contributed by atoms with Gasteiger partial charge in [-0.1, -0.05) is 0 Å². The van der Waals surface area contributed by atoms with Crippen LogP contribution in [-0.2, 0) is 6.42 Å². The highest BCUT2D eigenvalue weighted by Crippen LogP contribution is 2.20. The van der Waals surface area contributed by atoms with Gasteiger partial charge in [-0.15, -0.1) is 0 Å². The molecule has 2 aromatic rings. The molecule has 2 rings (SSSR count). The summed E-state index contributed by atoms with van der Waals surface area (Å²) in [5, 5.41) is 10.7. The van der Waals surface area contributed by atoms with Crippen LogP contribution in [0.25, 0.3) is 5.69 Å². The van der Waals surface area contributed by atoms with Crippen molar-refractivity contribution in [2.45, 2.75) is 6.42 Å². The molecule has 0 unspecified atom stereocenters. The van der Waals surface area contributed by atoms with E-state index in [1.807, 2.05) is 0 Å². The zero-order valence-corrected chi connectivity index (χ0v) is 9.41. The third-order valence-electron chi connectivity index (χ3n) is 2.44. The van der Waals surface area contributed by atoms with Crippen molar-refractivity contribution in [2.24, 2.45) is 5.73 Å². The molecule has 0 aliphatic rings. The maximum atomic E-state index is 13.3. The minimum atomic E-state index is -0.661. The van der Waals surface area contributed by atoms with E-state index >= 15 is 0 Å². The predicted molar refractivity (Wildman–Crippen MR) is 62.9 cm³/mol. The van der Waals surface area contributed by atoms with Crippen molar-refractivity contribution in [3.63, 3.8) is 0 Å². The Morgan fingerprint density at radius 2 is 2.22 bits per heavy atom. The molecule has 0 aliphatic carbocycles. The van der Waals surface area contributed by atoms with Crippen molar-refractivity contribution in [3.05, 3.63) is 52.3 Å². The van der Waals surface area contributed by atoms with Crippen LogP contribution >= 0.6 is 0 Å². The molecule has 0 saturated heterocycles. The lowest BCUT2D eigenvalue weighted by Crippen LogP contribution is -2.09. The molecule has 0 aliphatic heterocycles. The topological polar surface area (TPSA) is 87.0 Å². The summed E-state index contributed by atoms with van der Waals surface area (Å²) in [6.07, 6.45) is 3.67. The second-order valence-corrected chi connectivity index (χ2v) is 3.68. The van der Waals surface area contributed by atoms with Gasteiger partial charge in [0.1, 0.15) is 11.6 Å². The molecule has 0 radical (unpaired) electrons. The summed E-state index contributed by atoms with van der Waals surface area (Å²) < 4.78 is 14.9. The number of hydrogen-bond donors (Lipinski definition) is 1. The van der Waals surface area contributed by atoms with E-state index in [1.165, 1.54) is 12.1 Å². The van der Waals surface area contributed by atoms with Crippen molar-refractivity contribution >= 4 is 5.69 Å². The van der Waals surface area contributed by atoms with E-state index < -0.39 is 10.7 Å². The molecule has 0 fully saturated rings. The summed E-state index contributed by atoms with van der Waals surface area (Å²) in [6, 6.07) is 3.39. The molecular formula is C11H11FN4O2. The van der Waals surface area contributed by atoms with Crippen LogP contribution in [0.2, 0.25) is 0 Å². The number of aromatic nitrogens is 2. The van der Waals surface area contributed by atoms with Crippen LogP contribution in [-0.4, -0.2) is 21.0 Å². The number of imidazole rings is 1. The van der Waals surface area contributed by atoms with Crippen LogP contribution < -0.4 is 5.73 Å². The number of nitrogens with zero attached hydrogens (tertiary/aromatic N) is 3. The molecule has 0 atom stereocenters. The van der Waals surface area contributed by atoms with Crippen molar-refractivity contribution in [2.75, 3.05) is 6.54 Å². The van der Waals surface area contributed by atoms with Crippen molar-refractivity contribution < 1.29 is 9.31 Å². The molecule has 18 heavy (non-hydrogen) atoms. The van der Waals surface area contributed by atoms with Crippen LogP contribution in [0.3, 0.4) is 0 Å². The monoisotopic (exact) mass is 250 g/mol. The van der Waals surface area contributed by atoms with E-state index in [2.05, 4.69) is 4.98 Å². The number of nitro groups is 1. The van der Waals surface area contributed by atoms with Crippen LogP contribution in [0.4, 0.5) is 10.1 Å². The van der Waals surface area contributed by atoms with Crippen molar-refractivity contribution in [3.8, 4) is 5.69 Å². The quantitative estimate of drug-likeness (QED) is 0.656. The second-order valence-electron chi connectivity index (χ2n) is 3.68. The molecule has 0 bridgehead atoms. The number of rotatable bonds is 4. The molecule has 1 heterocycles. The van der Waals surface area contributed by atoms with E-state index in [9.17, 15) is 14.5 Å². The van der Waals surface area contributed by atoms with E-state index in [-0.39, 0.29) is 5.69 Å². The molecule has 0 saturated carbocycles. The molecule has 2 N–H and O–H groups in total. The molecule has 6 nitrogen and oxygen atoms in total.